The van der Waals surface area contributed by atoms with Crippen molar-refractivity contribution in [2.24, 2.45) is 0 Å². The number of fused-ring (bicyclic) bond motifs is 1. The van der Waals surface area contributed by atoms with E-state index in [1.807, 2.05) is 50.2 Å². The van der Waals surface area contributed by atoms with Crippen LogP contribution in [-0.4, -0.2) is 39.5 Å². The molecule has 0 saturated heterocycles. The molecule has 0 aliphatic rings. The van der Waals surface area contributed by atoms with Gasteiger partial charge in [0.2, 0.25) is 5.13 Å². The van der Waals surface area contributed by atoms with E-state index in [4.69, 9.17) is 0 Å². The largest absolute Gasteiger partial charge is 0.383 e. The molecule has 0 unspecified atom stereocenters. The molecule has 0 amide bonds. The first-order chi connectivity index (χ1) is 10.6. The van der Waals surface area contributed by atoms with Gasteiger partial charge < -0.3 is 4.90 Å². The number of nitrogens with zero attached hydrogens (tertiary/aromatic N) is 4. The number of rotatable bonds is 4. The van der Waals surface area contributed by atoms with Crippen molar-refractivity contribution in [1.82, 2.24) is 19.7 Å². The molecule has 0 bridgehead atoms. The van der Waals surface area contributed by atoms with Crippen LogP contribution >= 0.6 is 11.3 Å². The van der Waals surface area contributed by atoms with Gasteiger partial charge in [-0.25, -0.2) is 9.67 Å². The van der Waals surface area contributed by atoms with Crippen LogP contribution in [0, 0.1) is 6.92 Å². The summed E-state index contributed by atoms with van der Waals surface area (Å²) in [6.45, 7) is 1.88. The first-order valence-corrected chi connectivity index (χ1v) is 7.67. The Hall–Kier alpha value is -2.47. The monoisotopic (exact) mass is 312 g/mol. The van der Waals surface area contributed by atoms with Crippen LogP contribution in [0.3, 0.4) is 0 Å². The number of benzene rings is 1. The van der Waals surface area contributed by atoms with Crippen LogP contribution < -0.4 is 0 Å². The SMILES string of the molecule is Cc1c(C(=O)/C=C/N(C)C)cnn1-c1nc2ccccc2s1. The van der Waals surface area contributed by atoms with Gasteiger partial charge in [-0.3, -0.25) is 4.79 Å². The van der Waals surface area contributed by atoms with Crippen molar-refractivity contribution in [1.29, 1.82) is 0 Å². The van der Waals surface area contributed by atoms with Crippen molar-refractivity contribution in [2.75, 3.05) is 14.1 Å². The van der Waals surface area contributed by atoms with E-state index < -0.39 is 0 Å². The number of allylic oxidation sites excluding steroid dienone is 1. The van der Waals surface area contributed by atoms with Gasteiger partial charge in [-0.2, -0.15) is 5.10 Å². The minimum atomic E-state index is -0.0569. The standard InChI is InChI=1S/C16H16N4OS/c1-11-12(14(21)8-9-19(2)3)10-17-20(11)16-18-13-6-4-5-7-15(13)22-16/h4-10H,1-3H3/b9-8+. The van der Waals surface area contributed by atoms with Crippen molar-refractivity contribution in [3.8, 4) is 5.13 Å². The first kappa shape index (κ1) is 14.5. The maximum absolute atomic E-state index is 12.2. The van der Waals surface area contributed by atoms with Crippen molar-refractivity contribution < 1.29 is 4.79 Å². The third kappa shape index (κ3) is 2.65. The van der Waals surface area contributed by atoms with E-state index in [9.17, 15) is 4.79 Å². The minimum absolute atomic E-state index is 0.0569. The molecule has 22 heavy (non-hydrogen) atoms. The highest BCUT2D eigenvalue weighted by atomic mass is 32.1. The molecule has 2 heterocycles. The van der Waals surface area contributed by atoms with Crippen LogP contribution in [0.15, 0.2) is 42.7 Å². The lowest BCUT2D eigenvalue weighted by Gasteiger charge is -2.02. The second-order valence-corrected chi connectivity index (χ2v) is 6.17. The average Bonchev–Trinajstić information content (AvgIpc) is 3.07. The van der Waals surface area contributed by atoms with Crippen molar-refractivity contribution in [3.63, 3.8) is 0 Å². The number of ketones is 1. The van der Waals surface area contributed by atoms with Gasteiger partial charge in [0.05, 0.1) is 27.7 Å². The summed E-state index contributed by atoms with van der Waals surface area (Å²) in [6, 6.07) is 7.95. The Bertz CT molecular complexity index is 827. The molecule has 0 radical (unpaired) electrons. The highest BCUT2D eigenvalue weighted by Gasteiger charge is 2.15. The fourth-order valence-corrected chi connectivity index (χ4v) is 3.08. The number of carbonyl (C=O) groups excluding carboxylic acids is 1. The van der Waals surface area contributed by atoms with Gasteiger partial charge in [-0.05, 0) is 19.1 Å². The van der Waals surface area contributed by atoms with E-state index >= 15 is 0 Å². The zero-order valence-corrected chi connectivity index (χ0v) is 13.5. The summed E-state index contributed by atoms with van der Waals surface area (Å²) in [7, 11) is 3.75. The third-order valence-corrected chi connectivity index (χ3v) is 4.28. The summed E-state index contributed by atoms with van der Waals surface area (Å²) >= 11 is 1.56. The molecule has 3 rings (SSSR count). The first-order valence-electron chi connectivity index (χ1n) is 6.86. The number of thiazole rings is 1. The molecular formula is C16H16N4OS. The molecule has 6 heteroatoms. The average molecular weight is 312 g/mol. The molecule has 0 fully saturated rings. The summed E-state index contributed by atoms with van der Waals surface area (Å²) in [5.74, 6) is -0.0569. The van der Waals surface area contributed by atoms with Gasteiger partial charge in [0, 0.05) is 26.4 Å². The molecule has 5 nitrogen and oxygen atoms in total. The van der Waals surface area contributed by atoms with Gasteiger partial charge in [0.25, 0.3) is 0 Å². The Labute approximate surface area is 132 Å². The van der Waals surface area contributed by atoms with Crippen LogP contribution in [0.25, 0.3) is 15.3 Å². The third-order valence-electron chi connectivity index (χ3n) is 3.26. The summed E-state index contributed by atoms with van der Waals surface area (Å²) in [6.07, 6.45) is 4.88. The van der Waals surface area contributed by atoms with Gasteiger partial charge in [-0.15, -0.1) is 0 Å². The summed E-state index contributed by atoms with van der Waals surface area (Å²) in [5.41, 5.74) is 2.34. The highest BCUT2D eigenvalue weighted by molar-refractivity contribution is 7.20. The predicted molar refractivity (Wildman–Crippen MR) is 88.6 cm³/mol. The van der Waals surface area contributed by atoms with E-state index in [0.717, 1.165) is 21.0 Å². The molecule has 0 aliphatic carbocycles. The predicted octanol–water partition coefficient (Wildman–Crippen LogP) is 3.05. The van der Waals surface area contributed by atoms with E-state index in [1.54, 1.807) is 34.5 Å². The Morgan fingerprint density at radius 1 is 1.32 bits per heavy atom. The summed E-state index contributed by atoms with van der Waals surface area (Å²) in [5, 5.41) is 5.10. The maximum Gasteiger partial charge on any atom is 0.211 e. The topological polar surface area (TPSA) is 51.0 Å². The maximum atomic E-state index is 12.2. The molecule has 0 atom stereocenters. The number of aromatic nitrogens is 3. The Balaban J connectivity index is 1.98. The number of carbonyl (C=O) groups is 1. The van der Waals surface area contributed by atoms with Gasteiger partial charge in [-0.1, -0.05) is 23.5 Å². The summed E-state index contributed by atoms with van der Waals surface area (Å²) in [4.78, 5) is 18.6. The van der Waals surface area contributed by atoms with Crippen LogP contribution in [0.1, 0.15) is 16.1 Å². The smallest absolute Gasteiger partial charge is 0.211 e. The zero-order chi connectivity index (χ0) is 15.7. The highest BCUT2D eigenvalue weighted by Crippen LogP contribution is 2.25. The van der Waals surface area contributed by atoms with E-state index in [-0.39, 0.29) is 5.78 Å². The molecule has 3 aromatic rings. The van der Waals surface area contributed by atoms with Gasteiger partial charge in [0.15, 0.2) is 5.78 Å². The van der Waals surface area contributed by atoms with Crippen LogP contribution in [0.5, 0.6) is 0 Å². The van der Waals surface area contributed by atoms with E-state index in [2.05, 4.69) is 10.1 Å². The second kappa shape index (κ2) is 5.73. The molecule has 2 aromatic heterocycles. The lowest BCUT2D eigenvalue weighted by Crippen LogP contribution is -2.04. The van der Waals surface area contributed by atoms with Crippen molar-refractivity contribution in [3.05, 3.63) is 54.0 Å². The lowest BCUT2D eigenvalue weighted by atomic mass is 10.2. The summed E-state index contributed by atoms with van der Waals surface area (Å²) < 4.78 is 2.83. The Morgan fingerprint density at radius 3 is 2.82 bits per heavy atom. The number of hydrogen-bond donors (Lipinski definition) is 0. The van der Waals surface area contributed by atoms with Gasteiger partial charge >= 0.3 is 0 Å². The minimum Gasteiger partial charge on any atom is -0.383 e. The molecular weight excluding hydrogens is 296 g/mol. The van der Waals surface area contributed by atoms with E-state index in [1.165, 1.54) is 0 Å². The molecule has 0 N–H and O–H groups in total. The number of para-hydroxylation sites is 1. The van der Waals surface area contributed by atoms with Crippen LogP contribution in [0.4, 0.5) is 0 Å². The number of hydrogen-bond acceptors (Lipinski definition) is 5. The lowest BCUT2D eigenvalue weighted by molar-refractivity contribution is 0.104. The van der Waals surface area contributed by atoms with Gasteiger partial charge in [0.1, 0.15) is 0 Å². The van der Waals surface area contributed by atoms with Crippen molar-refractivity contribution in [2.45, 2.75) is 6.92 Å². The normalized spacial score (nSPS) is 11.4. The molecule has 0 saturated carbocycles. The molecule has 0 aliphatic heterocycles. The fraction of sp³-hybridized carbons (Fsp3) is 0.188. The Morgan fingerprint density at radius 2 is 2.09 bits per heavy atom. The van der Waals surface area contributed by atoms with E-state index in [0.29, 0.717) is 5.56 Å². The Kier molecular flexibility index (Phi) is 3.77. The van der Waals surface area contributed by atoms with Crippen LogP contribution in [-0.2, 0) is 0 Å². The quantitative estimate of drug-likeness (QED) is 0.549. The zero-order valence-electron chi connectivity index (χ0n) is 12.6. The van der Waals surface area contributed by atoms with Crippen LogP contribution in [0.2, 0.25) is 0 Å². The fourth-order valence-electron chi connectivity index (χ4n) is 2.10. The molecule has 1 aromatic carbocycles. The molecule has 0 spiro atoms. The second-order valence-electron chi connectivity index (χ2n) is 5.16. The van der Waals surface area contributed by atoms with Crippen molar-refractivity contribution >= 4 is 27.3 Å². The molecule has 112 valence electrons.